The average Bonchev–Trinajstić information content (AvgIpc) is 3.48. The Labute approximate surface area is 183 Å². The summed E-state index contributed by atoms with van der Waals surface area (Å²) in [5.41, 5.74) is 2.55. The molecule has 0 aliphatic carbocycles. The predicted octanol–water partition coefficient (Wildman–Crippen LogP) is 3.33. The number of rotatable bonds is 7. The van der Waals surface area contributed by atoms with E-state index < -0.39 is 12.2 Å². The lowest BCUT2D eigenvalue weighted by molar-refractivity contribution is 0.0920. The number of carbonyl (C=O) groups excluding carboxylic acids is 2. The van der Waals surface area contributed by atoms with Crippen molar-refractivity contribution in [2.45, 2.75) is 18.9 Å². The summed E-state index contributed by atoms with van der Waals surface area (Å²) < 4.78 is 5.94. The maximum Gasteiger partial charge on any atom is 0.414 e. The number of hydrogen-bond acceptors (Lipinski definition) is 6. The zero-order valence-corrected chi connectivity index (χ0v) is 17.9. The third kappa shape index (κ3) is 4.83. The van der Waals surface area contributed by atoms with Crippen molar-refractivity contribution in [3.8, 4) is 0 Å². The first-order valence-electron chi connectivity index (χ1n) is 9.88. The van der Waals surface area contributed by atoms with Gasteiger partial charge in [-0.25, -0.2) is 4.79 Å². The van der Waals surface area contributed by atoms with E-state index in [1.165, 1.54) is 11.3 Å². The lowest BCUT2D eigenvalue weighted by atomic mass is 9.96. The number of cyclic esters (lactones) is 1. The Balaban J connectivity index is 1.30. The van der Waals surface area contributed by atoms with Crippen LogP contribution in [-0.4, -0.2) is 50.0 Å². The van der Waals surface area contributed by atoms with Crippen LogP contribution in [0, 0.1) is 11.3 Å². The predicted molar refractivity (Wildman–Crippen MR) is 118 cm³/mol. The molecule has 158 valence electrons. The Bertz CT molecular complexity index is 940. The second-order valence-corrected chi connectivity index (χ2v) is 9.20. The summed E-state index contributed by atoms with van der Waals surface area (Å²) in [4.78, 5) is 26.5. The lowest BCUT2D eigenvalue weighted by Crippen LogP contribution is -2.34. The molecule has 0 saturated carbocycles. The highest BCUT2D eigenvalue weighted by Crippen LogP contribution is 2.24. The van der Waals surface area contributed by atoms with Gasteiger partial charge in [0.15, 0.2) is 0 Å². The molecular weight excluding hydrogens is 424 g/mol. The van der Waals surface area contributed by atoms with Crippen LogP contribution in [0.3, 0.4) is 0 Å². The van der Waals surface area contributed by atoms with Crippen molar-refractivity contribution < 1.29 is 14.3 Å². The number of amides is 2. The standard InChI is InChI=1S/C21H23ClN4O3S/c22-19-6-5-18(30-19)20(27)25-11-16-12-26(21(28)29-16)15-3-1-13(2-4-15)9-17(23)14-7-8-24-10-14/h1-6,14,16,23-24H,7-12H2,(H,25,27). The van der Waals surface area contributed by atoms with Gasteiger partial charge in [0.2, 0.25) is 0 Å². The quantitative estimate of drug-likeness (QED) is 0.568. The monoisotopic (exact) mass is 446 g/mol. The number of nitrogens with zero attached hydrogens (tertiary/aromatic N) is 1. The molecule has 1 aromatic carbocycles. The van der Waals surface area contributed by atoms with Crippen LogP contribution in [0.15, 0.2) is 36.4 Å². The number of benzene rings is 1. The van der Waals surface area contributed by atoms with E-state index in [-0.39, 0.29) is 12.5 Å². The highest BCUT2D eigenvalue weighted by molar-refractivity contribution is 7.18. The zero-order chi connectivity index (χ0) is 21.1. The lowest BCUT2D eigenvalue weighted by Gasteiger charge is -2.15. The first kappa shape index (κ1) is 20.8. The fraction of sp³-hybridized carbons (Fsp3) is 0.381. The van der Waals surface area contributed by atoms with Gasteiger partial charge in [-0.05, 0) is 42.8 Å². The number of thiophene rings is 1. The van der Waals surface area contributed by atoms with Gasteiger partial charge in [-0.1, -0.05) is 23.7 Å². The largest absolute Gasteiger partial charge is 0.442 e. The van der Waals surface area contributed by atoms with E-state index in [1.54, 1.807) is 17.0 Å². The molecule has 2 aliphatic rings. The van der Waals surface area contributed by atoms with Gasteiger partial charge in [0, 0.05) is 30.3 Å². The second kappa shape index (κ2) is 9.16. The van der Waals surface area contributed by atoms with Crippen LogP contribution in [0.5, 0.6) is 0 Å². The number of nitrogens with one attached hydrogen (secondary N) is 3. The summed E-state index contributed by atoms with van der Waals surface area (Å²) in [5, 5.41) is 14.4. The van der Waals surface area contributed by atoms with E-state index >= 15 is 0 Å². The summed E-state index contributed by atoms with van der Waals surface area (Å²) in [6, 6.07) is 11.0. The normalized spacial score (nSPS) is 21.0. The van der Waals surface area contributed by atoms with Gasteiger partial charge in [0.1, 0.15) is 6.10 Å². The number of ether oxygens (including phenoxy) is 1. The van der Waals surface area contributed by atoms with E-state index in [1.807, 2.05) is 24.3 Å². The van der Waals surface area contributed by atoms with E-state index in [9.17, 15) is 9.59 Å². The van der Waals surface area contributed by atoms with Gasteiger partial charge in [-0.2, -0.15) is 0 Å². The molecule has 2 aliphatic heterocycles. The minimum absolute atomic E-state index is 0.231. The first-order valence-corrected chi connectivity index (χ1v) is 11.1. The van der Waals surface area contributed by atoms with E-state index in [2.05, 4.69) is 10.6 Å². The fourth-order valence-corrected chi connectivity index (χ4v) is 4.64. The smallest absolute Gasteiger partial charge is 0.414 e. The Morgan fingerprint density at radius 2 is 2.10 bits per heavy atom. The molecule has 3 heterocycles. The molecule has 1 aromatic heterocycles. The Morgan fingerprint density at radius 3 is 2.77 bits per heavy atom. The Morgan fingerprint density at radius 1 is 1.30 bits per heavy atom. The van der Waals surface area contributed by atoms with Crippen LogP contribution in [0.1, 0.15) is 21.7 Å². The van der Waals surface area contributed by atoms with Crippen molar-refractivity contribution in [2.75, 3.05) is 31.1 Å². The van der Waals surface area contributed by atoms with Crippen LogP contribution < -0.4 is 15.5 Å². The summed E-state index contributed by atoms with van der Waals surface area (Å²) in [6.07, 6.45) is 0.803. The van der Waals surface area contributed by atoms with E-state index in [0.29, 0.717) is 28.1 Å². The molecule has 2 aromatic rings. The topological polar surface area (TPSA) is 94.5 Å². The summed E-state index contributed by atoms with van der Waals surface area (Å²) in [7, 11) is 0. The Kier molecular flexibility index (Phi) is 6.36. The van der Waals surface area contributed by atoms with Crippen LogP contribution in [-0.2, 0) is 11.2 Å². The van der Waals surface area contributed by atoms with Gasteiger partial charge in [-0.3, -0.25) is 9.69 Å². The summed E-state index contributed by atoms with van der Waals surface area (Å²) in [6.45, 7) is 2.47. The van der Waals surface area contributed by atoms with Crippen LogP contribution >= 0.6 is 22.9 Å². The van der Waals surface area contributed by atoms with Gasteiger partial charge in [0.05, 0.1) is 22.3 Å². The molecular formula is C21H23ClN4O3S. The molecule has 3 N–H and O–H groups in total. The van der Waals surface area contributed by atoms with Crippen molar-refractivity contribution in [3.05, 3.63) is 51.2 Å². The summed E-state index contributed by atoms with van der Waals surface area (Å²) in [5.74, 6) is 0.0880. The highest BCUT2D eigenvalue weighted by atomic mass is 35.5. The van der Waals surface area contributed by atoms with Crippen molar-refractivity contribution >= 4 is 46.3 Å². The molecule has 0 bridgehead atoms. The minimum Gasteiger partial charge on any atom is -0.442 e. The van der Waals surface area contributed by atoms with E-state index in [4.69, 9.17) is 21.7 Å². The molecule has 2 atom stereocenters. The van der Waals surface area contributed by atoms with Gasteiger partial charge in [0.25, 0.3) is 5.91 Å². The minimum atomic E-state index is -0.425. The fourth-order valence-electron chi connectivity index (χ4n) is 3.68. The molecule has 0 radical (unpaired) electrons. The third-order valence-corrected chi connectivity index (χ3v) is 6.59. The molecule has 2 fully saturated rings. The molecule has 9 heteroatoms. The summed E-state index contributed by atoms with van der Waals surface area (Å²) >= 11 is 7.06. The van der Waals surface area contributed by atoms with Crippen molar-refractivity contribution in [1.29, 1.82) is 5.41 Å². The molecule has 2 unspecified atom stereocenters. The van der Waals surface area contributed by atoms with Gasteiger partial charge >= 0.3 is 6.09 Å². The van der Waals surface area contributed by atoms with Crippen molar-refractivity contribution in [1.82, 2.24) is 10.6 Å². The molecule has 0 spiro atoms. The second-order valence-electron chi connectivity index (χ2n) is 7.49. The molecule has 2 saturated heterocycles. The third-order valence-electron chi connectivity index (χ3n) is 5.36. The van der Waals surface area contributed by atoms with Crippen LogP contribution in [0.2, 0.25) is 4.34 Å². The van der Waals surface area contributed by atoms with Gasteiger partial charge in [-0.15, -0.1) is 11.3 Å². The number of hydrogen-bond donors (Lipinski definition) is 3. The van der Waals surface area contributed by atoms with Gasteiger partial charge < -0.3 is 20.8 Å². The maximum absolute atomic E-state index is 12.3. The zero-order valence-electron chi connectivity index (χ0n) is 16.3. The van der Waals surface area contributed by atoms with Crippen molar-refractivity contribution in [2.24, 2.45) is 5.92 Å². The van der Waals surface area contributed by atoms with Crippen molar-refractivity contribution in [3.63, 3.8) is 0 Å². The molecule has 7 nitrogen and oxygen atoms in total. The van der Waals surface area contributed by atoms with Crippen LogP contribution in [0.25, 0.3) is 0 Å². The van der Waals surface area contributed by atoms with E-state index in [0.717, 1.165) is 36.5 Å². The Hall–Kier alpha value is -2.42. The number of carbonyl (C=O) groups is 2. The molecule has 2 amide bonds. The number of anilines is 1. The number of halogens is 1. The first-order chi connectivity index (χ1) is 14.5. The molecule has 30 heavy (non-hydrogen) atoms. The molecule has 4 rings (SSSR count). The highest BCUT2D eigenvalue weighted by Gasteiger charge is 2.32. The average molecular weight is 447 g/mol. The SMILES string of the molecule is N=C(Cc1ccc(N2CC(CNC(=O)c3ccc(Cl)s3)OC2=O)cc1)C1CCNC1. The van der Waals surface area contributed by atoms with Crippen LogP contribution in [0.4, 0.5) is 10.5 Å². The maximum atomic E-state index is 12.3.